The van der Waals surface area contributed by atoms with E-state index in [0.29, 0.717) is 0 Å². The zero-order valence-electron chi connectivity index (χ0n) is 13.5. The molecule has 0 atom stereocenters. The van der Waals surface area contributed by atoms with Gasteiger partial charge in [0.1, 0.15) is 18.0 Å². The molecule has 2 saturated heterocycles. The maximum atomic E-state index is 11.4. The number of nitrogens with zero attached hydrogens (tertiary/aromatic N) is 5. The highest BCUT2D eigenvalue weighted by atomic mass is 16.2. The molecule has 6 heteroatoms. The average Bonchev–Trinajstić information content (AvgIpc) is 2.56. The molecule has 0 aromatic carbocycles. The Labute approximate surface area is 132 Å². The fraction of sp³-hybridized carbons (Fsp3) is 0.688. The summed E-state index contributed by atoms with van der Waals surface area (Å²) in [5.41, 5.74) is 0. The summed E-state index contributed by atoms with van der Waals surface area (Å²) in [5.74, 6) is 2.99. The third kappa shape index (κ3) is 3.31. The van der Waals surface area contributed by atoms with E-state index in [-0.39, 0.29) is 5.91 Å². The van der Waals surface area contributed by atoms with Crippen molar-refractivity contribution in [3.63, 3.8) is 0 Å². The molecule has 3 heterocycles. The van der Waals surface area contributed by atoms with E-state index < -0.39 is 0 Å². The van der Waals surface area contributed by atoms with E-state index in [4.69, 9.17) is 0 Å². The molecule has 0 aliphatic carbocycles. The van der Waals surface area contributed by atoms with Crippen molar-refractivity contribution in [1.82, 2.24) is 14.9 Å². The second kappa shape index (κ2) is 6.50. The highest BCUT2D eigenvalue weighted by molar-refractivity contribution is 5.73. The van der Waals surface area contributed by atoms with Gasteiger partial charge in [0.05, 0.1) is 0 Å². The number of amides is 1. The van der Waals surface area contributed by atoms with Crippen LogP contribution < -0.4 is 9.80 Å². The van der Waals surface area contributed by atoms with Crippen molar-refractivity contribution in [3.8, 4) is 0 Å². The third-order valence-corrected chi connectivity index (χ3v) is 4.79. The van der Waals surface area contributed by atoms with Crippen LogP contribution in [0.25, 0.3) is 0 Å². The second-order valence-corrected chi connectivity index (χ2v) is 6.40. The molecule has 2 fully saturated rings. The first kappa shape index (κ1) is 15.1. The predicted octanol–water partition coefficient (Wildman–Crippen LogP) is 1.38. The van der Waals surface area contributed by atoms with Gasteiger partial charge >= 0.3 is 0 Å². The highest BCUT2D eigenvalue weighted by Gasteiger charge is 2.21. The lowest BCUT2D eigenvalue weighted by molar-refractivity contribution is -0.129. The number of hydrogen-bond donors (Lipinski definition) is 0. The van der Waals surface area contributed by atoms with Crippen molar-refractivity contribution in [2.45, 2.75) is 26.7 Å². The molecule has 0 unspecified atom stereocenters. The van der Waals surface area contributed by atoms with Gasteiger partial charge in [-0.05, 0) is 18.8 Å². The molecule has 22 heavy (non-hydrogen) atoms. The van der Waals surface area contributed by atoms with Gasteiger partial charge in [-0.1, -0.05) is 6.92 Å². The molecule has 1 amide bonds. The Balaban J connectivity index is 1.66. The van der Waals surface area contributed by atoms with Gasteiger partial charge in [-0.25, -0.2) is 9.97 Å². The summed E-state index contributed by atoms with van der Waals surface area (Å²) in [4.78, 5) is 26.8. The Kier molecular flexibility index (Phi) is 4.45. The van der Waals surface area contributed by atoms with Crippen molar-refractivity contribution >= 4 is 17.5 Å². The first-order valence-corrected chi connectivity index (χ1v) is 8.21. The highest BCUT2D eigenvalue weighted by Crippen LogP contribution is 2.24. The molecule has 1 aromatic heterocycles. The number of anilines is 2. The molecule has 0 N–H and O–H groups in total. The van der Waals surface area contributed by atoms with Gasteiger partial charge in [0, 0.05) is 52.3 Å². The van der Waals surface area contributed by atoms with Crippen molar-refractivity contribution < 1.29 is 4.79 Å². The van der Waals surface area contributed by atoms with Crippen LogP contribution in [0.4, 0.5) is 11.6 Å². The molecule has 2 aliphatic rings. The van der Waals surface area contributed by atoms with Gasteiger partial charge < -0.3 is 14.7 Å². The van der Waals surface area contributed by atoms with Crippen molar-refractivity contribution in [3.05, 3.63) is 12.4 Å². The molecule has 0 radical (unpaired) electrons. The Morgan fingerprint density at radius 2 is 1.55 bits per heavy atom. The summed E-state index contributed by atoms with van der Waals surface area (Å²) in [6, 6.07) is 2.10. The Bertz CT molecular complexity index is 519. The van der Waals surface area contributed by atoms with Crippen LogP contribution in [0, 0.1) is 5.92 Å². The molecular weight excluding hydrogens is 278 g/mol. The first-order valence-electron chi connectivity index (χ1n) is 8.21. The van der Waals surface area contributed by atoms with Gasteiger partial charge in [0.15, 0.2) is 0 Å². The van der Waals surface area contributed by atoms with Crippen LogP contribution in [0.3, 0.4) is 0 Å². The molecule has 120 valence electrons. The van der Waals surface area contributed by atoms with Crippen LogP contribution in [-0.4, -0.2) is 60.0 Å². The smallest absolute Gasteiger partial charge is 0.219 e. The number of hydrogen-bond acceptors (Lipinski definition) is 5. The van der Waals surface area contributed by atoms with Crippen LogP contribution in [0.2, 0.25) is 0 Å². The maximum Gasteiger partial charge on any atom is 0.219 e. The standard InChI is InChI=1S/C16H25N5O/c1-13-3-5-20(6-4-13)15-11-16(18-12-17-15)21-9-7-19(8-10-21)14(2)22/h11-13H,3-10H2,1-2H3. The van der Waals surface area contributed by atoms with Crippen molar-refractivity contribution in [1.29, 1.82) is 0 Å². The minimum atomic E-state index is 0.158. The molecule has 0 saturated carbocycles. The van der Waals surface area contributed by atoms with E-state index in [0.717, 1.165) is 56.8 Å². The Morgan fingerprint density at radius 3 is 2.09 bits per heavy atom. The summed E-state index contributed by atoms with van der Waals surface area (Å²) in [6.45, 7) is 9.34. The molecule has 2 aliphatic heterocycles. The Hall–Kier alpha value is -1.85. The summed E-state index contributed by atoms with van der Waals surface area (Å²) >= 11 is 0. The number of piperidine rings is 1. The van der Waals surface area contributed by atoms with E-state index in [2.05, 4.69) is 32.8 Å². The lowest BCUT2D eigenvalue weighted by Gasteiger charge is -2.35. The number of carbonyl (C=O) groups is 1. The van der Waals surface area contributed by atoms with Crippen molar-refractivity contribution in [2.75, 3.05) is 49.1 Å². The van der Waals surface area contributed by atoms with E-state index in [1.165, 1.54) is 12.8 Å². The number of rotatable bonds is 2. The van der Waals surface area contributed by atoms with E-state index in [1.807, 2.05) is 4.90 Å². The quantitative estimate of drug-likeness (QED) is 0.826. The zero-order valence-corrected chi connectivity index (χ0v) is 13.5. The van der Waals surface area contributed by atoms with Crippen LogP contribution in [-0.2, 0) is 4.79 Å². The average molecular weight is 303 g/mol. The first-order chi connectivity index (χ1) is 10.6. The lowest BCUT2D eigenvalue weighted by atomic mass is 9.99. The number of aromatic nitrogens is 2. The van der Waals surface area contributed by atoms with E-state index in [1.54, 1.807) is 13.3 Å². The minimum Gasteiger partial charge on any atom is -0.356 e. The van der Waals surface area contributed by atoms with E-state index >= 15 is 0 Å². The molecule has 0 spiro atoms. The van der Waals surface area contributed by atoms with Gasteiger partial charge in [-0.2, -0.15) is 0 Å². The number of carbonyl (C=O) groups excluding carboxylic acids is 1. The molecule has 0 bridgehead atoms. The molecule has 1 aromatic rings. The molecule has 3 rings (SSSR count). The Morgan fingerprint density at radius 1 is 1.00 bits per heavy atom. The molecular formula is C16H25N5O. The van der Waals surface area contributed by atoms with Gasteiger partial charge in [-0.3, -0.25) is 4.79 Å². The number of piperazine rings is 1. The summed E-state index contributed by atoms with van der Waals surface area (Å²) in [6.07, 6.45) is 4.13. The third-order valence-electron chi connectivity index (χ3n) is 4.79. The van der Waals surface area contributed by atoms with E-state index in [9.17, 15) is 4.79 Å². The largest absolute Gasteiger partial charge is 0.356 e. The lowest BCUT2D eigenvalue weighted by Crippen LogP contribution is -2.48. The SMILES string of the molecule is CC(=O)N1CCN(c2cc(N3CCC(C)CC3)ncn2)CC1. The summed E-state index contributed by atoms with van der Waals surface area (Å²) in [5, 5.41) is 0. The van der Waals surface area contributed by atoms with Gasteiger partial charge in [-0.15, -0.1) is 0 Å². The van der Waals surface area contributed by atoms with Crippen LogP contribution in [0.5, 0.6) is 0 Å². The normalized spacial score (nSPS) is 20.4. The van der Waals surface area contributed by atoms with Crippen LogP contribution >= 0.6 is 0 Å². The maximum absolute atomic E-state index is 11.4. The van der Waals surface area contributed by atoms with Crippen LogP contribution in [0.15, 0.2) is 12.4 Å². The predicted molar refractivity (Wildman–Crippen MR) is 87.1 cm³/mol. The topological polar surface area (TPSA) is 52.6 Å². The molecule has 6 nitrogen and oxygen atoms in total. The monoisotopic (exact) mass is 303 g/mol. The second-order valence-electron chi connectivity index (χ2n) is 6.40. The van der Waals surface area contributed by atoms with Gasteiger partial charge in [0.25, 0.3) is 0 Å². The fourth-order valence-electron chi connectivity index (χ4n) is 3.17. The summed E-state index contributed by atoms with van der Waals surface area (Å²) < 4.78 is 0. The fourth-order valence-corrected chi connectivity index (χ4v) is 3.17. The minimum absolute atomic E-state index is 0.158. The van der Waals surface area contributed by atoms with Gasteiger partial charge in [0.2, 0.25) is 5.91 Å². The van der Waals surface area contributed by atoms with Crippen molar-refractivity contribution in [2.24, 2.45) is 5.92 Å². The van der Waals surface area contributed by atoms with Crippen LogP contribution in [0.1, 0.15) is 26.7 Å². The summed E-state index contributed by atoms with van der Waals surface area (Å²) in [7, 11) is 0. The zero-order chi connectivity index (χ0) is 15.5.